The van der Waals surface area contributed by atoms with Crippen molar-refractivity contribution in [3.8, 4) is 0 Å². The smallest absolute Gasteiger partial charge is 0.329 e. The molecule has 2 aromatic rings. The molecule has 1 aromatic carbocycles. The van der Waals surface area contributed by atoms with E-state index in [1.165, 1.54) is 19.9 Å². The number of H-pyrrole nitrogens is 1. The van der Waals surface area contributed by atoms with Gasteiger partial charge in [-0.1, -0.05) is 36.6 Å². The number of aromatic amines is 1. The summed E-state index contributed by atoms with van der Waals surface area (Å²) in [6.07, 6.45) is 4.99. The third-order valence-electron chi connectivity index (χ3n) is 4.57. The van der Waals surface area contributed by atoms with E-state index in [4.69, 9.17) is 11.6 Å². The summed E-state index contributed by atoms with van der Waals surface area (Å²) in [7, 11) is 1.51. The molecule has 0 unspecified atom stereocenters. The maximum absolute atomic E-state index is 12.7. The van der Waals surface area contributed by atoms with Crippen molar-refractivity contribution in [3.63, 3.8) is 0 Å². The van der Waals surface area contributed by atoms with E-state index in [1.807, 2.05) is 24.3 Å². The number of nitrogens with one attached hydrogen (secondary N) is 1. The topological polar surface area (TPSA) is 58.1 Å². The van der Waals surface area contributed by atoms with Gasteiger partial charge in [0.15, 0.2) is 0 Å². The van der Waals surface area contributed by atoms with Crippen LogP contribution in [0.1, 0.15) is 36.8 Å². The second kappa shape index (κ2) is 7.26. The van der Waals surface area contributed by atoms with Gasteiger partial charge in [0.25, 0.3) is 5.56 Å². The van der Waals surface area contributed by atoms with Gasteiger partial charge in [-0.3, -0.25) is 14.3 Å². The molecule has 0 atom stereocenters. The van der Waals surface area contributed by atoms with Crippen LogP contribution in [-0.2, 0) is 13.5 Å². The summed E-state index contributed by atoms with van der Waals surface area (Å²) in [5.74, 6) is 0.671. The Morgan fingerprint density at radius 3 is 2.50 bits per heavy atom. The Morgan fingerprint density at radius 2 is 1.83 bits per heavy atom. The standard InChI is InChI=1S/C18H22ClN3O2/c1-21-17(23)15(12-13-7-6-8-14(19)11-13)16(20-18(21)24)22-9-4-2-3-5-10-22/h6-8,11H,2-5,9-10,12H2,1H3,(H,20,24). The summed E-state index contributed by atoms with van der Waals surface area (Å²) < 4.78 is 1.14. The Labute approximate surface area is 145 Å². The van der Waals surface area contributed by atoms with Gasteiger partial charge in [-0.05, 0) is 30.5 Å². The minimum Gasteiger partial charge on any atom is -0.358 e. The largest absolute Gasteiger partial charge is 0.358 e. The van der Waals surface area contributed by atoms with Crippen LogP contribution >= 0.6 is 11.6 Å². The molecule has 3 rings (SSSR count). The van der Waals surface area contributed by atoms with E-state index in [2.05, 4.69) is 9.88 Å². The molecule has 0 spiro atoms. The summed E-state index contributed by atoms with van der Waals surface area (Å²) in [6.45, 7) is 1.73. The van der Waals surface area contributed by atoms with Gasteiger partial charge in [-0.25, -0.2) is 4.79 Å². The van der Waals surface area contributed by atoms with Gasteiger partial charge in [-0.2, -0.15) is 0 Å². The van der Waals surface area contributed by atoms with Gasteiger partial charge in [0.2, 0.25) is 0 Å². The first-order chi connectivity index (χ1) is 11.6. The molecule has 0 saturated carbocycles. The second-order valence-corrected chi connectivity index (χ2v) is 6.77. The number of rotatable bonds is 3. The van der Waals surface area contributed by atoms with Crippen LogP contribution in [0.25, 0.3) is 0 Å². The first kappa shape index (κ1) is 16.8. The van der Waals surface area contributed by atoms with Crippen LogP contribution in [0.15, 0.2) is 33.9 Å². The number of anilines is 1. The molecule has 5 nitrogen and oxygen atoms in total. The summed E-state index contributed by atoms with van der Waals surface area (Å²) >= 11 is 6.07. The molecule has 1 saturated heterocycles. The molecule has 0 aliphatic carbocycles. The third-order valence-corrected chi connectivity index (χ3v) is 4.81. The predicted molar refractivity (Wildman–Crippen MR) is 97.2 cm³/mol. The molecule has 1 aliphatic heterocycles. The van der Waals surface area contributed by atoms with E-state index in [0.717, 1.165) is 36.1 Å². The number of benzene rings is 1. The fraction of sp³-hybridized carbons (Fsp3) is 0.444. The van der Waals surface area contributed by atoms with Crippen molar-refractivity contribution in [2.24, 2.45) is 7.05 Å². The molecule has 128 valence electrons. The van der Waals surface area contributed by atoms with Crippen molar-refractivity contribution in [1.82, 2.24) is 9.55 Å². The van der Waals surface area contributed by atoms with Crippen LogP contribution in [0.2, 0.25) is 5.02 Å². The first-order valence-corrected chi connectivity index (χ1v) is 8.75. The van der Waals surface area contributed by atoms with E-state index >= 15 is 0 Å². The van der Waals surface area contributed by atoms with Gasteiger partial charge >= 0.3 is 5.69 Å². The molecule has 1 aliphatic rings. The quantitative estimate of drug-likeness (QED) is 0.928. The Morgan fingerprint density at radius 1 is 1.12 bits per heavy atom. The highest BCUT2D eigenvalue weighted by Crippen LogP contribution is 2.21. The molecule has 2 heterocycles. The lowest BCUT2D eigenvalue weighted by Gasteiger charge is -2.24. The zero-order valence-electron chi connectivity index (χ0n) is 13.8. The predicted octanol–water partition coefficient (Wildman–Crippen LogP) is 2.70. The van der Waals surface area contributed by atoms with Crippen molar-refractivity contribution < 1.29 is 0 Å². The van der Waals surface area contributed by atoms with E-state index in [0.29, 0.717) is 22.8 Å². The zero-order chi connectivity index (χ0) is 17.1. The third kappa shape index (κ3) is 3.56. The van der Waals surface area contributed by atoms with E-state index in [-0.39, 0.29) is 11.2 Å². The average molecular weight is 348 g/mol. The van der Waals surface area contributed by atoms with Crippen LogP contribution < -0.4 is 16.1 Å². The Bertz CT molecular complexity index is 833. The lowest BCUT2D eigenvalue weighted by Crippen LogP contribution is -2.39. The van der Waals surface area contributed by atoms with Crippen LogP contribution in [0.3, 0.4) is 0 Å². The molecule has 0 amide bonds. The minimum absolute atomic E-state index is 0.238. The normalized spacial score (nSPS) is 15.3. The van der Waals surface area contributed by atoms with Crippen molar-refractivity contribution in [3.05, 3.63) is 61.3 Å². The molecule has 0 bridgehead atoms. The van der Waals surface area contributed by atoms with Crippen molar-refractivity contribution in [2.75, 3.05) is 18.0 Å². The zero-order valence-corrected chi connectivity index (χ0v) is 14.6. The second-order valence-electron chi connectivity index (χ2n) is 6.33. The average Bonchev–Trinajstić information content (AvgIpc) is 2.84. The van der Waals surface area contributed by atoms with Crippen LogP contribution in [0.4, 0.5) is 5.82 Å². The lowest BCUT2D eigenvalue weighted by atomic mass is 10.1. The molecular formula is C18H22ClN3O2. The van der Waals surface area contributed by atoms with Gasteiger partial charge in [-0.15, -0.1) is 0 Å². The fourth-order valence-corrected chi connectivity index (χ4v) is 3.44. The fourth-order valence-electron chi connectivity index (χ4n) is 3.23. The summed E-state index contributed by atoms with van der Waals surface area (Å²) in [5, 5.41) is 0.644. The van der Waals surface area contributed by atoms with Crippen LogP contribution in [0, 0.1) is 0 Å². The maximum atomic E-state index is 12.7. The number of aromatic nitrogens is 2. The van der Waals surface area contributed by atoms with Gasteiger partial charge < -0.3 is 4.90 Å². The number of hydrogen-bond donors (Lipinski definition) is 1. The van der Waals surface area contributed by atoms with Crippen LogP contribution in [-0.4, -0.2) is 22.6 Å². The monoisotopic (exact) mass is 347 g/mol. The molecule has 1 fully saturated rings. The highest BCUT2D eigenvalue weighted by atomic mass is 35.5. The summed E-state index contributed by atoms with van der Waals surface area (Å²) in [6, 6.07) is 7.49. The number of nitrogens with zero attached hydrogens (tertiary/aromatic N) is 2. The summed E-state index contributed by atoms with van der Waals surface area (Å²) in [5.41, 5.74) is 0.982. The Hall–Kier alpha value is -2.01. The van der Waals surface area contributed by atoms with E-state index < -0.39 is 0 Å². The SMILES string of the molecule is Cn1c(=O)[nH]c(N2CCCCCC2)c(Cc2cccc(Cl)c2)c1=O. The molecule has 1 aromatic heterocycles. The highest BCUT2D eigenvalue weighted by Gasteiger charge is 2.19. The first-order valence-electron chi connectivity index (χ1n) is 8.38. The summed E-state index contributed by atoms with van der Waals surface area (Å²) in [4.78, 5) is 29.9. The van der Waals surface area contributed by atoms with Gasteiger partial charge in [0.1, 0.15) is 5.82 Å². The van der Waals surface area contributed by atoms with E-state index in [1.54, 1.807) is 0 Å². The number of halogens is 1. The van der Waals surface area contributed by atoms with Crippen molar-refractivity contribution in [2.45, 2.75) is 32.1 Å². The Balaban J connectivity index is 2.07. The van der Waals surface area contributed by atoms with Crippen molar-refractivity contribution in [1.29, 1.82) is 0 Å². The molecule has 0 radical (unpaired) electrons. The van der Waals surface area contributed by atoms with Gasteiger partial charge in [0.05, 0.1) is 5.56 Å². The molecular weight excluding hydrogens is 326 g/mol. The highest BCUT2D eigenvalue weighted by molar-refractivity contribution is 6.30. The van der Waals surface area contributed by atoms with Crippen molar-refractivity contribution >= 4 is 17.4 Å². The molecule has 1 N–H and O–H groups in total. The number of hydrogen-bond acceptors (Lipinski definition) is 3. The van der Waals surface area contributed by atoms with Gasteiger partial charge in [0, 0.05) is 31.6 Å². The molecule has 6 heteroatoms. The Kier molecular flexibility index (Phi) is 5.09. The maximum Gasteiger partial charge on any atom is 0.329 e. The van der Waals surface area contributed by atoms with E-state index in [9.17, 15) is 9.59 Å². The molecule has 24 heavy (non-hydrogen) atoms. The lowest BCUT2D eigenvalue weighted by molar-refractivity contribution is 0.718. The minimum atomic E-state index is -0.367. The van der Waals surface area contributed by atoms with Crippen LogP contribution in [0.5, 0.6) is 0 Å².